The number of rotatable bonds is 7. The number of halogens is 3. The number of carbonyl (C=O) groups is 1. The van der Waals surface area contributed by atoms with Crippen molar-refractivity contribution in [1.82, 2.24) is 14.3 Å². The van der Waals surface area contributed by atoms with E-state index in [1.807, 2.05) is 6.92 Å². The van der Waals surface area contributed by atoms with Crippen molar-refractivity contribution in [3.05, 3.63) is 68.9 Å². The van der Waals surface area contributed by atoms with Crippen LogP contribution in [0.1, 0.15) is 42.9 Å². The number of benzene rings is 2. The van der Waals surface area contributed by atoms with Crippen LogP contribution in [0, 0.1) is 11.6 Å². The van der Waals surface area contributed by atoms with E-state index in [1.54, 1.807) is 6.92 Å². The van der Waals surface area contributed by atoms with E-state index in [9.17, 15) is 14.0 Å². The maximum absolute atomic E-state index is 15.2. The van der Waals surface area contributed by atoms with Gasteiger partial charge in [0.15, 0.2) is 5.82 Å². The van der Waals surface area contributed by atoms with Crippen LogP contribution in [0.3, 0.4) is 0 Å². The number of hydrogen-bond acceptors (Lipinski definition) is 5. The van der Waals surface area contributed by atoms with Gasteiger partial charge in [-0.3, -0.25) is 9.36 Å². The first-order valence-electron chi connectivity index (χ1n) is 10.8. The normalized spacial score (nSPS) is 13.9. The highest BCUT2D eigenvalue weighted by molar-refractivity contribution is 6.34. The Morgan fingerprint density at radius 1 is 1.32 bits per heavy atom. The number of nitrogens with zero attached hydrogens (tertiary/aromatic N) is 3. The molecular weight excluding hydrogens is 470 g/mol. The Kier molecular flexibility index (Phi) is 6.99. The van der Waals surface area contributed by atoms with E-state index in [2.05, 4.69) is 10.4 Å². The topological polar surface area (TPSA) is 87.4 Å². The average molecular weight is 493 g/mol. The minimum Gasteiger partial charge on any atom is -0.490 e. The van der Waals surface area contributed by atoms with Crippen molar-refractivity contribution in [3.8, 4) is 11.4 Å². The fourth-order valence-corrected chi connectivity index (χ4v) is 3.92. The molecule has 0 radical (unpaired) electrons. The van der Waals surface area contributed by atoms with E-state index < -0.39 is 23.2 Å². The highest BCUT2D eigenvalue weighted by Gasteiger charge is 2.25. The lowest BCUT2D eigenvalue weighted by atomic mass is 10.1. The minimum atomic E-state index is -0.876. The van der Waals surface area contributed by atoms with E-state index >= 15 is 4.39 Å². The average Bonchev–Trinajstić information content (AvgIpc) is 3.14. The molecule has 2 heterocycles. The Morgan fingerprint density at radius 3 is 2.82 bits per heavy atom. The lowest BCUT2D eigenvalue weighted by molar-refractivity contribution is 0.0805. The lowest BCUT2D eigenvalue weighted by Gasteiger charge is -2.18. The van der Waals surface area contributed by atoms with Crippen LogP contribution in [0.25, 0.3) is 5.69 Å². The summed E-state index contributed by atoms with van der Waals surface area (Å²) in [6, 6.07) is 6.15. The standard InChI is InChI=1S/C23H23ClF2N4O4/c1-3-5-13(2)34-19-11-18(30-23(32)29-8-9-33-12-20(29)28-30)17(26)10-14(19)22(31)27-21-15(24)6-4-7-16(21)25/h4,6-7,10-11,13H,3,5,8-9,12H2,1-2H3,(H,27,31)/t13-/m0/s1. The Labute approximate surface area is 199 Å². The molecule has 2 aromatic carbocycles. The maximum atomic E-state index is 15.2. The SMILES string of the molecule is CCC[C@H](C)Oc1cc(-n2nc3n(c2=O)CCOC3)c(F)cc1C(=O)Nc1c(F)cccc1Cl. The molecule has 4 rings (SSSR count). The summed E-state index contributed by atoms with van der Waals surface area (Å²) in [5.41, 5.74) is -1.11. The van der Waals surface area contributed by atoms with Crippen LogP contribution in [-0.2, 0) is 17.9 Å². The molecule has 1 aliphatic heterocycles. The molecule has 0 aliphatic carbocycles. The molecule has 3 aromatic rings. The second-order valence-corrected chi connectivity index (χ2v) is 8.29. The predicted octanol–water partition coefficient (Wildman–Crippen LogP) is 4.32. The fraction of sp³-hybridized carbons (Fsp3) is 0.348. The van der Waals surface area contributed by atoms with E-state index in [0.717, 1.165) is 23.2 Å². The largest absolute Gasteiger partial charge is 0.490 e. The van der Waals surface area contributed by atoms with Crippen molar-refractivity contribution < 1.29 is 23.0 Å². The van der Waals surface area contributed by atoms with Gasteiger partial charge in [-0.1, -0.05) is 31.0 Å². The highest BCUT2D eigenvalue weighted by Crippen LogP contribution is 2.30. The molecule has 8 nitrogen and oxygen atoms in total. The van der Waals surface area contributed by atoms with E-state index in [1.165, 1.54) is 22.8 Å². The monoisotopic (exact) mass is 492 g/mol. The Balaban J connectivity index is 1.78. The minimum absolute atomic E-state index is 0.00961. The molecule has 0 saturated heterocycles. The van der Waals surface area contributed by atoms with Crippen LogP contribution in [-0.4, -0.2) is 33.0 Å². The Bertz CT molecular complexity index is 1270. The van der Waals surface area contributed by atoms with E-state index in [0.29, 0.717) is 25.4 Å². The van der Waals surface area contributed by atoms with Crippen molar-refractivity contribution >= 4 is 23.2 Å². The molecule has 0 bridgehead atoms. The summed E-state index contributed by atoms with van der Waals surface area (Å²) in [6.07, 6.45) is 1.17. The van der Waals surface area contributed by atoms with Crippen LogP contribution in [0.2, 0.25) is 5.02 Å². The van der Waals surface area contributed by atoms with Gasteiger partial charge in [0.1, 0.15) is 29.7 Å². The van der Waals surface area contributed by atoms with Crippen molar-refractivity contribution in [2.24, 2.45) is 0 Å². The first-order valence-corrected chi connectivity index (χ1v) is 11.2. The number of carbonyl (C=O) groups excluding carboxylic acids is 1. The van der Waals surface area contributed by atoms with Crippen LogP contribution < -0.4 is 15.7 Å². The summed E-state index contributed by atoms with van der Waals surface area (Å²) >= 11 is 6.01. The van der Waals surface area contributed by atoms with Gasteiger partial charge in [0, 0.05) is 6.07 Å². The Morgan fingerprint density at radius 2 is 2.12 bits per heavy atom. The number of nitrogens with one attached hydrogen (secondary N) is 1. The molecule has 180 valence electrons. The summed E-state index contributed by atoms with van der Waals surface area (Å²) in [5.74, 6) is -2.04. The third kappa shape index (κ3) is 4.69. The van der Waals surface area contributed by atoms with Gasteiger partial charge < -0.3 is 14.8 Å². The second-order valence-electron chi connectivity index (χ2n) is 7.88. The first kappa shape index (κ1) is 23.9. The highest BCUT2D eigenvalue weighted by atomic mass is 35.5. The number of amides is 1. The number of aromatic nitrogens is 3. The van der Waals surface area contributed by atoms with Crippen LogP contribution in [0.4, 0.5) is 14.5 Å². The van der Waals surface area contributed by atoms with Gasteiger partial charge in [-0.05, 0) is 31.5 Å². The predicted molar refractivity (Wildman–Crippen MR) is 122 cm³/mol. The zero-order valence-corrected chi connectivity index (χ0v) is 19.4. The van der Waals surface area contributed by atoms with Crippen molar-refractivity contribution in [3.63, 3.8) is 0 Å². The van der Waals surface area contributed by atoms with Gasteiger partial charge in [-0.2, -0.15) is 4.68 Å². The number of fused-ring (bicyclic) bond motifs is 1. The number of anilines is 1. The van der Waals surface area contributed by atoms with Crippen LogP contribution in [0.15, 0.2) is 35.1 Å². The van der Waals surface area contributed by atoms with Gasteiger partial charge in [0.2, 0.25) is 0 Å². The quantitative estimate of drug-likeness (QED) is 0.531. The third-order valence-corrected chi connectivity index (χ3v) is 5.69. The van der Waals surface area contributed by atoms with Crippen molar-refractivity contribution in [2.45, 2.75) is 45.9 Å². The molecule has 0 spiro atoms. The molecule has 0 saturated carbocycles. The molecule has 1 N–H and O–H groups in total. The fourth-order valence-electron chi connectivity index (χ4n) is 3.70. The molecule has 34 heavy (non-hydrogen) atoms. The zero-order valence-electron chi connectivity index (χ0n) is 18.6. The van der Waals surface area contributed by atoms with Gasteiger partial charge >= 0.3 is 5.69 Å². The molecule has 1 aromatic heterocycles. The number of ether oxygens (including phenoxy) is 2. The second kappa shape index (κ2) is 9.94. The first-order chi connectivity index (χ1) is 16.3. The molecule has 1 amide bonds. The lowest BCUT2D eigenvalue weighted by Crippen LogP contribution is -2.29. The number of hydrogen-bond donors (Lipinski definition) is 1. The van der Waals surface area contributed by atoms with Gasteiger partial charge in [0.05, 0.1) is 35.5 Å². The summed E-state index contributed by atoms with van der Waals surface area (Å²) < 4.78 is 43.0. The van der Waals surface area contributed by atoms with Crippen LogP contribution >= 0.6 is 11.6 Å². The maximum Gasteiger partial charge on any atom is 0.350 e. The van der Waals surface area contributed by atoms with Crippen LogP contribution in [0.5, 0.6) is 5.75 Å². The smallest absolute Gasteiger partial charge is 0.350 e. The summed E-state index contributed by atoms with van der Waals surface area (Å²) in [7, 11) is 0. The van der Waals surface area contributed by atoms with Gasteiger partial charge in [0.25, 0.3) is 5.91 Å². The molecule has 0 unspecified atom stereocenters. The zero-order chi connectivity index (χ0) is 24.4. The van der Waals surface area contributed by atoms with Gasteiger partial charge in [-0.15, -0.1) is 5.10 Å². The van der Waals surface area contributed by atoms with Crippen molar-refractivity contribution in [2.75, 3.05) is 11.9 Å². The molecule has 11 heteroatoms. The summed E-state index contributed by atoms with van der Waals surface area (Å²) in [6.45, 7) is 4.56. The molecular formula is C23H23ClF2N4O4. The number of para-hydroxylation sites is 1. The molecule has 0 fully saturated rings. The summed E-state index contributed by atoms with van der Waals surface area (Å²) in [5, 5.41) is 6.55. The molecule has 1 aliphatic rings. The summed E-state index contributed by atoms with van der Waals surface area (Å²) in [4.78, 5) is 25.8. The van der Waals surface area contributed by atoms with Gasteiger partial charge in [-0.25, -0.2) is 13.6 Å². The van der Waals surface area contributed by atoms with E-state index in [-0.39, 0.29) is 40.4 Å². The van der Waals surface area contributed by atoms with Crippen molar-refractivity contribution in [1.29, 1.82) is 0 Å². The van der Waals surface area contributed by atoms with E-state index in [4.69, 9.17) is 21.1 Å². The Hall–Kier alpha value is -3.24. The third-order valence-electron chi connectivity index (χ3n) is 5.38. The molecule has 1 atom stereocenters.